The SMILES string of the molecule is COc1ccc(C(=O)O)cc1-c1nn(COCC[Si](C)(C)C)c2nc(Cl)ccc12. The zero-order valence-corrected chi connectivity index (χ0v) is 18.7. The maximum absolute atomic E-state index is 11.4. The minimum absolute atomic E-state index is 0.150. The second kappa shape index (κ2) is 8.52. The highest BCUT2D eigenvalue weighted by atomic mass is 35.5. The molecule has 0 saturated heterocycles. The third-order valence-electron chi connectivity index (χ3n) is 4.47. The van der Waals surface area contributed by atoms with E-state index in [0.29, 0.717) is 34.4 Å². The lowest BCUT2D eigenvalue weighted by Gasteiger charge is -2.15. The molecule has 2 heterocycles. The number of halogens is 1. The molecule has 0 saturated carbocycles. The third-order valence-corrected chi connectivity index (χ3v) is 6.39. The van der Waals surface area contributed by atoms with E-state index < -0.39 is 14.0 Å². The molecule has 3 rings (SSSR count). The zero-order valence-electron chi connectivity index (χ0n) is 16.9. The van der Waals surface area contributed by atoms with Gasteiger partial charge in [-0.3, -0.25) is 0 Å². The highest BCUT2D eigenvalue weighted by Crippen LogP contribution is 2.35. The molecule has 0 spiro atoms. The van der Waals surface area contributed by atoms with Crippen molar-refractivity contribution in [2.45, 2.75) is 32.4 Å². The van der Waals surface area contributed by atoms with E-state index in [9.17, 15) is 9.90 Å². The van der Waals surface area contributed by atoms with Crippen LogP contribution < -0.4 is 4.74 Å². The zero-order chi connectivity index (χ0) is 21.2. The lowest BCUT2D eigenvalue weighted by molar-refractivity contribution is 0.0696. The van der Waals surface area contributed by atoms with Crippen molar-refractivity contribution in [1.82, 2.24) is 14.8 Å². The molecule has 29 heavy (non-hydrogen) atoms. The second-order valence-corrected chi connectivity index (χ2v) is 13.9. The van der Waals surface area contributed by atoms with Gasteiger partial charge in [0.05, 0.1) is 12.7 Å². The number of hydrogen-bond donors (Lipinski definition) is 1. The van der Waals surface area contributed by atoms with Gasteiger partial charge in [-0.25, -0.2) is 14.5 Å². The van der Waals surface area contributed by atoms with Crippen LogP contribution in [-0.2, 0) is 11.5 Å². The largest absolute Gasteiger partial charge is 0.496 e. The molecule has 0 aliphatic heterocycles. The van der Waals surface area contributed by atoms with Crippen molar-refractivity contribution in [2.75, 3.05) is 13.7 Å². The van der Waals surface area contributed by atoms with Crippen molar-refractivity contribution in [3.05, 3.63) is 41.0 Å². The number of methoxy groups -OCH3 is 1. The van der Waals surface area contributed by atoms with Gasteiger partial charge in [0.25, 0.3) is 0 Å². The number of carbonyl (C=O) groups is 1. The van der Waals surface area contributed by atoms with Crippen LogP contribution >= 0.6 is 11.6 Å². The number of carboxylic acids is 1. The van der Waals surface area contributed by atoms with Crippen LogP contribution in [0.5, 0.6) is 5.75 Å². The Morgan fingerprint density at radius 3 is 2.66 bits per heavy atom. The van der Waals surface area contributed by atoms with E-state index >= 15 is 0 Å². The molecule has 0 atom stereocenters. The van der Waals surface area contributed by atoms with E-state index in [-0.39, 0.29) is 12.3 Å². The van der Waals surface area contributed by atoms with Crippen LogP contribution in [0.25, 0.3) is 22.3 Å². The van der Waals surface area contributed by atoms with Gasteiger partial charge >= 0.3 is 5.97 Å². The van der Waals surface area contributed by atoms with Crippen molar-refractivity contribution in [2.24, 2.45) is 0 Å². The maximum Gasteiger partial charge on any atom is 0.335 e. The Morgan fingerprint density at radius 1 is 1.24 bits per heavy atom. The summed E-state index contributed by atoms with van der Waals surface area (Å²) in [5.41, 5.74) is 1.86. The Balaban J connectivity index is 2.03. The molecule has 3 aromatic rings. The molecule has 0 bridgehead atoms. The normalized spacial score (nSPS) is 11.8. The maximum atomic E-state index is 11.4. The number of aromatic nitrogens is 3. The Bertz CT molecular complexity index is 1050. The first-order valence-electron chi connectivity index (χ1n) is 9.22. The fourth-order valence-electron chi connectivity index (χ4n) is 2.87. The smallest absolute Gasteiger partial charge is 0.335 e. The molecule has 1 aromatic carbocycles. The molecule has 9 heteroatoms. The van der Waals surface area contributed by atoms with Crippen LogP contribution in [0.15, 0.2) is 30.3 Å². The predicted molar refractivity (Wildman–Crippen MR) is 116 cm³/mol. The Hall–Kier alpha value is -2.42. The first-order chi connectivity index (χ1) is 13.7. The Morgan fingerprint density at radius 2 is 2.00 bits per heavy atom. The van der Waals surface area contributed by atoms with Crippen molar-refractivity contribution < 1.29 is 19.4 Å². The Kier molecular flexibility index (Phi) is 6.26. The van der Waals surface area contributed by atoms with Crippen LogP contribution in [0, 0.1) is 0 Å². The van der Waals surface area contributed by atoms with Gasteiger partial charge in [0.2, 0.25) is 0 Å². The number of nitrogens with zero attached hydrogens (tertiary/aromatic N) is 3. The number of ether oxygens (including phenoxy) is 2. The monoisotopic (exact) mass is 433 g/mol. The van der Waals surface area contributed by atoms with E-state index in [1.807, 2.05) is 6.07 Å². The summed E-state index contributed by atoms with van der Waals surface area (Å²) < 4.78 is 12.9. The van der Waals surface area contributed by atoms with Gasteiger partial charge in [0, 0.05) is 25.6 Å². The second-order valence-electron chi connectivity index (χ2n) is 7.92. The van der Waals surface area contributed by atoms with Crippen molar-refractivity contribution in [3.63, 3.8) is 0 Å². The molecule has 7 nitrogen and oxygen atoms in total. The molecular weight excluding hydrogens is 410 g/mol. The molecule has 1 N–H and O–H groups in total. The van der Waals surface area contributed by atoms with Gasteiger partial charge in [0.1, 0.15) is 23.3 Å². The Labute approximate surface area is 175 Å². The van der Waals surface area contributed by atoms with Gasteiger partial charge < -0.3 is 14.6 Å². The molecule has 154 valence electrons. The number of hydrogen-bond acceptors (Lipinski definition) is 5. The number of fused-ring (bicyclic) bond motifs is 1. The summed E-state index contributed by atoms with van der Waals surface area (Å²) in [4.78, 5) is 15.8. The van der Waals surface area contributed by atoms with Crippen LogP contribution in [0.4, 0.5) is 0 Å². The van der Waals surface area contributed by atoms with Gasteiger partial charge in [-0.1, -0.05) is 31.2 Å². The molecule has 0 fully saturated rings. The molecule has 0 radical (unpaired) electrons. The van der Waals surface area contributed by atoms with Gasteiger partial charge in [-0.15, -0.1) is 0 Å². The van der Waals surface area contributed by atoms with E-state index in [0.717, 1.165) is 11.4 Å². The molecule has 0 aliphatic carbocycles. The number of aromatic carboxylic acids is 1. The third kappa shape index (κ3) is 4.95. The quantitative estimate of drug-likeness (QED) is 0.313. The van der Waals surface area contributed by atoms with Crippen molar-refractivity contribution in [3.8, 4) is 17.0 Å². The lowest BCUT2D eigenvalue weighted by atomic mass is 10.0. The van der Waals surface area contributed by atoms with Crippen LogP contribution in [-0.4, -0.2) is 47.6 Å². The molecule has 2 aromatic heterocycles. The van der Waals surface area contributed by atoms with Crippen molar-refractivity contribution in [1.29, 1.82) is 0 Å². The standard InChI is InChI=1S/C20H24ClN3O4Si/c1-27-16-7-5-13(20(25)26)11-15(16)18-14-6-8-17(21)22-19(14)24(23-18)12-28-9-10-29(2,3)4/h5-8,11H,9-10,12H2,1-4H3,(H,25,26). The minimum atomic E-state index is -1.20. The molecule has 0 amide bonds. The van der Waals surface area contributed by atoms with Crippen LogP contribution in [0.2, 0.25) is 30.8 Å². The predicted octanol–water partition coefficient (Wildman–Crippen LogP) is 4.77. The average molecular weight is 434 g/mol. The summed E-state index contributed by atoms with van der Waals surface area (Å²) in [5.74, 6) is -0.496. The molecule has 0 unspecified atom stereocenters. The lowest BCUT2D eigenvalue weighted by Crippen LogP contribution is -2.22. The summed E-state index contributed by atoms with van der Waals surface area (Å²) >= 11 is 6.10. The summed E-state index contributed by atoms with van der Waals surface area (Å²) in [7, 11) is 0.336. The van der Waals surface area contributed by atoms with Gasteiger partial charge in [-0.2, -0.15) is 5.10 Å². The summed E-state index contributed by atoms with van der Waals surface area (Å²) in [6.07, 6.45) is 0. The minimum Gasteiger partial charge on any atom is -0.496 e. The highest BCUT2D eigenvalue weighted by molar-refractivity contribution is 6.76. The van der Waals surface area contributed by atoms with E-state index in [1.165, 1.54) is 13.2 Å². The topological polar surface area (TPSA) is 86.5 Å². The summed E-state index contributed by atoms with van der Waals surface area (Å²) in [5, 5.41) is 15.1. The number of benzene rings is 1. The van der Waals surface area contributed by atoms with Crippen LogP contribution in [0.1, 0.15) is 10.4 Å². The van der Waals surface area contributed by atoms with E-state index in [1.54, 1.807) is 22.9 Å². The van der Waals surface area contributed by atoms with Crippen molar-refractivity contribution >= 4 is 36.7 Å². The average Bonchev–Trinajstić information content (AvgIpc) is 3.01. The summed E-state index contributed by atoms with van der Waals surface area (Å²) in [6.45, 7) is 7.75. The molecule has 0 aliphatic rings. The fourth-order valence-corrected chi connectivity index (χ4v) is 3.77. The fraction of sp³-hybridized carbons (Fsp3) is 0.350. The first-order valence-corrected chi connectivity index (χ1v) is 13.3. The van der Waals surface area contributed by atoms with Gasteiger partial charge in [-0.05, 0) is 36.4 Å². The number of carboxylic acid groups (broad SMARTS) is 1. The van der Waals surface area contributed by atoms with Gasteiger partial charge in [0.15, 0.2) is 5.65 Å². The highest BCUT2D eigenvalue weighted by Gasteiger charge is 2.19. The van der Waals surface area contributed by atoms with Crippen LogP contribution in [0.3, 0.4) is 0 Å². The number of pyridine rings is 1. The first kappa shape index (κ1) is 21.3. The molecular formula is C20H24ClN3O4Si. The number of rotatable bonds is 8. The van der Waals surface area contributed by atoms with E-state index in [2.05, 4.69) is 29.7 Å². The summed E-state index contributed by atoms with van der Waals surface area (Å²) in [6, 6.07) is 9.21. The van der Waals surface area contributed by atoms with E-state index in [4.69, 9.17) is 21.1 Å².